The van der Waals surface area contributed by atoms with Crippen LogP contribution in [0.5, 0.6) is 0 Å². The standard InChI is InChI=1S/C18H18N4OS/c1-12-10-16(23)21-22-18(12)14-2-4-15(5-3-14)20-17(24)11-13-6-8-19-9-7-13/h2-9,12H,10-11H2,1H3,(H,20,24)(H,21,23)/t12-/m0/s1. The van der Waals surface area contributed by atoms with Crippen LogP contribution in [-0.4, -0.2) is 21.6 Å². The van der Waals surface area contributed by atoms with E-state index in [-0.39, 0.29) is 11.8 Å². The summed E-state index contributed by atoms with van der Waals surface area (Å²) in [5.74, 6) is 0.0799. The quantitative estimate of drug-likeness (QED) is 0.841. The Bertz CT molecular complexity index is 771. The van der Waals surface area contributed by atoms with Crippen LogP contribution in [0.15, 0.2) is 53.9 Å². The summed E-state index contributed by atoms with van der Waals surface area (Å²) in [6.45, 7) is 2.01. The molecule has 0 radical (unpaired) electrons. The van der Waals surface area contributed by atoms with Crippen molar-refractivity contribution in [3.8, 4) is 0 Å². The lowest BCUT2D eigenvalue weighted by Crippen LogP contribution is -2.31. The van der Waals surface area contributed by atoms with Crippen LogP contribution in [0.1, 0.15) is 24.5 Å². The minimum Gasteiger partial charge on any atom is -0.350 e. The number of nitrogens with zero attached hydrogens (tertiary/aromatic N) is 2. The minimum absolute atomic E-state index is 0.0361. The highest BCUT2D eigenvalue weighted by Gasteiger charge is 2.21. The van der Waals surface area contributed by atoms with Crippen molar-refractivity contribution >= 4 is 34.5 Å². The van der Waals surface area contributed by atoms with Crippen LogP contribution in [0.25, 0.3) is 0 Å². The molecule has 1 aliphatic rings. The van der Waals surface area contributed by atoms with Crippen molar-refractivity contribution in [1.29, 1.82) is 0 Å². The molecule has 1 aromatic heterocycles. The van der Waals surface area contributed by atoms with Gasteiger partial charge in [-0.1, -0.05) is 31.3 Å². The van der Waals surface area contributed by atoms with E-state index in [0.29, 0.717) is 12.8 Å². The van der Waals surface area contributed by atoms with Gasteiger partial charge in [-0.3, -0.25) is 9.78 Å². The fraction of sp³-hybridized carbons (Fsp3) is 0.222. The lowest BCUT2D eigenvalue weighted by molar-refractivity contribution is -0.121. The lowest BCUT2D eigenvalue weighted by Gasteiger charge is -2.19. The fourth-order valence-corrected chi connectivity index (χ4v) is 2.90. The topological polar surface area (TPSA) is 66.4 Å². The van der Waals surface area contributed by atoms with Crippen LogP contribution in [0.2, 0.25) is 0 Å². The highest BCUT2D eigenvalue weighted by molar-refractivity contribution is 7.80. The molecular weight excluding hydrogens is 320 g/mol. The molecule has 1 atom stereocenters. The second-order valence-corrected chi connectivity index (χ2v) is 6.29. The maximum Gasteiger partial charge on any atom is 0.240 e. The maximum absolute atomic E-state index is 11.3. The molecular formula is C18H18N4OS. The molecule has 0 spiro atoms. The Morgan fingerprint density at radius 1 is 1.25 bits per heavy atom. The third kappa shape index (κ3) is 4.02. The van der Waals surface area contributed by atoms with Gasteiger partial charge in [0.25, 0.3) is 0 Å². The normalized spacial score (nSPS) is 17.0. The molecule has 1 aliphatic heterocycles. The summed E-state index contributed by atoms with van der Waals surface area (Å²) in [6.07, 6.45) is 4.67. The molecule has 1 amide bonds. The molecule has 6 heteroatoms. The number of carbonyl (C=O) groups is 1. The number of nitrogens with one attached hydrogen (secondary N) is 2. The second-order valence-electron chi connectivity index (χ2n) is 5.79. The molecule has 24 heavy (non-hydrogen) atoms. The summed E-state index contributed by atoms with van der Waals surface area (Å²) in [7, 11) is 0. The number of thiocarbonyl (C=S) groups is 1. The number of amides is 1. The van der Waals surface area contributed by atoms with Gasteiger partial charge in [0.1, 0.15) is 0 Å². The molecule has 0 saturated heterocycles. The molecule has 0 bridgehead atoms. The number of hydrogen-bond donors (Lipinski definition) is 2. The first-order valence-corrected chi connectivity index (χ1v) is 8.18. The van der Waals surface area contributed by atoms with Gasteiger partial charge in [0, 0.05) is 36.8 Å². The van der Waals surface area contributed by atoms with Crippen LogP contribution < -0.4 is 10.7 Å². The van der Waals surface area contributed by atoms with Crippen LogP contribution in [0.3, 0.4) is 0 Å². The Balaban J connectivity index is 1.64. The Morgan fingerprint density at radius 2 is 1.96 bits per heavy atom. The van der Waals surface area contributed by atoms with Crippen molar-refractivity contribution in [2.24, 2.45) is 11.0 Å². The van der Waals surface area contributed by atoms with Gasteiger partial charge >= 0.3 is 0 Å². The van der Waals surface area contributed by atoms with Crippen LogP contribution in [-0.2, 0) is 11.2 Å². The van der Waals surface area contributed by atoms with E-state index in [9.17, 15) is 4.79 Å². The number of rotatable bonds is 4. The molecule has 3 rings (SSSR count). The molecule has 0 unspecified atom stereocenters. The van der Waals surface area contributed by atoms with Crippen LogP contribution in [0.4, 0.5) is 5.69 Å². The van der Waals surface area contributed by atoms with Gasteiger partial charge in [-0.05, 0) is 35.4 Å². The van der Waals surface area contributed by atoms with E-state index in [1.165, 1.54) is 0 Å². The smallest absolute Gasteiger partial charge is 0.240 e. The van der Waals surface area contributed by atoms with Crippen molar-refractivity contribution in [2.45, 2.75) is 19.8 Å². The van der Waals surface area contributed by atoms with Crippen LogP contribution in [0, 0.1) is 5.92 Å². The van der Waals surface area contributed by atoms with E-state index in [4.69, 9.17) is 12.2 Å². The minimum atomic E-state index is -0.0361. The van der Waals surface area contributed by atoms with Gasteiger partial charge in [0.2, 0.25) is 5.91 Å². The first-order chi connectivity index (χ1) is 11.6. The average Bonchev–Trinajstić information content (AvgIpc) is 2.57. The molecule has 5 nitrogen and oxygen atoms in total. The number of anilines is 1. The predicted molar refractivity (Wildman–Crippen MR) is 99.1 cm³/mol. The van der Waals surface area contributed by atoms with Gasteiger partial charge in [-0.2, -0.15) is 5.10 Å². The molecule has 2 aromatic rings. The van der Waals surface area contributed by atoms with Crippen molar-refractivity contribution in [1.82, 2.24) is 10.4 Å². The molecule has 2 N–H and O–H groups in total. The van der Waals surface area contributed by atoms with Crippen molar-refractivity contribution in [3.63, 3.8) is 0 Å². The summed E-state index contributed by atoms with van der Waals surface area (Å²) in [4.78, 5) is 16.1. The molecule has 0 aliphatic carbocycles. The molecule has 1 aromatic carbocycles. The number of hydrazone groups is 1. The van der Waals surface area contributed by atoms with Gasteiger partial charge < -0.3 is 5.32 Å². The zero-order valence-corrected chi connectivity index (χ0v) is 14.1. The Labute approximate surface area is 146 Å². The summed E-state index contributed by atoms with van der Waals surface area (Å²) >= 11 is 5.40. The summed E-state index contributed by atoms with van der Waals surface area (Å²) in [6, 6.07) is 11.8. The molecule has 122 valence electrons. The zero-order chi connectivity index (χ0) is 16.9. The third-order valence-electron chi connectivity index (χ3n) is 3.84. The van der Waals surface area contributed by atoms with Gasteiger partial charge in [0.15, 0.2) is 0 Å². The SMILES string of the molecule is C[C@H]1CC(=O)NN=C1c1ccc(NC(=S)Cc2ccncc2)cc1. The van der Waals surface area contributed by atoms with Gasteiger partial charge in [-0.25, -0.2) is 5.43 Å². The number of benzene rings is 1. The largest absolute Gasteiger partial charge is 0.350 e. The van der Waals surface area contributed by atoms with E-state index in [1.54, 1.807) is 12.4 Å². The van der Waals surface area contributed by atoms with E-state index in [0.717, 1.165) is 27.5 Å². The van der Waals surface area contributed by atoms with Crippen molar-refractivity contribution in [3.05, 3.63) is 59.9 Å². The summed E-state index contributed by atoms with van der Waals surface area (Å²) in [5, 5.41) is 7.41. The van der Waals surface area contributed by atoms with E-state index in [1.807, 2.05) is 43.3 Å². The van der Waals surface area contributed by atoms with Gasteiger partial charge in [0.05, 0.1) is 10.7 Å². The maximum atomic E-state index is 11.3. The lowest BCUT2D eigenvalue weighted by atomic mass is 9.94. The summed E-state index contributed by atoms with van der Waals surface area (Å²) < 4.78 is 0. The first kappa shape index (κ1) is 16.3. The predicted octanol–water partition coefficient (Wildman–Crippen LogP) is 2.92. The number of pyridine rings is 1. The third-order valence-corrected chi connectivity index (χ3v) is 4.08. The Hall–Kier alpha value is -2.60. The second kappa shape index (κ2) is 7.31. The highest BCUT2D eigenvalue weighted by Crippen LogP contribution is 2.18. The van der Waals surface area contributed by atoms with Gasteiger partial charge in [-0.15, -0.1) is 0 Å². The zero-order valence-electron chi connectivity index (χ0n) is 13.3. The number of aromatic nitrogens is 1. The summed E-state index contributed by atoms with van der Waals surface area (Å²) in [5.41, 5.74) is 6.51. The Kier molecular flexibility index (Phi) is 4.96. The van der Waals surface area contributed by atoms with E-state index in [2.05, 4.69) is 20.8 Å². The van der Waals surface area contributed by atoms with Crippen molar-refractivity contribution in [2.75, 3.05) is 5.32 Å². The first-order valence-electron chi connectivity index (χ1n) is 7.77. The highest BCUT2D eigenvalue weighted by atomic mass is 32.1. The number of hydrogen-bond acceptors (Lipinski definition) is 4. The monoisotopic (exact) mass is 338 g/mol. The van der Waals surface area contributed by atoms with E-state index >= 15 is 0 Å². The van der Waals surface area contributed by atoms with E-state index < -0.39 is 0 Å². The molecule has 2 heterocycles. The fourth-order valence-electron chi connectivity index (χ4n) is 2.62. The Morgan fingerprint density at radius 3 is 2.62 bits per heavy atom. The average molecular weight is 338 g/mol. The number of carbonyl (C=O) groups excluding carboxylic acids is 1. The van der Waals surface area contributed by atoms with Crippen molar-refractivity contribution < 1.29 is 4.79 Å². The molecule has 0 fully saturated rings. The molecule has 0 saturated carbocycles. The van der Waals surface area contributed by atoms with Crippen LogP contribution >= 0.6 is 12.2 Å².